The van der Waals surface area contributed by atoms with E-state index in [1.165, 1.54) is 19.3 Å². The van der Waals surface area contributed by atoms with E-state index in [4.69, 9.17) is 11.6 Å². The molecule has 2 fully saturated rings. The van der Waals surface area contributed by atoms with Crippen molar-refractivity contribution in [3.8, 4) is 0 Å². The van der Waals surface area contributed by atoms with Gasteiger partial charge in [0.05, 0.1) is 0 Å². The summed E-state index contributed by atoms with van der Waals surface area (Å²) in [5, 5.41) is 10.6. The summed E-state index contributed by atoms with van der Waals surface area (Å²) in [5.41, 5.74) is 0. The molecule has 7 nitrogen and oxygen atoms in total. The molecule has 146 valence electrons. The van der Waals surface area contributed by atoms with Crippen molar-refractivity contribution in [2.24, 2.45) is 0 Å². The van der Waals surface area contributed by atoms with E-state index in [2.05, 4.69) is 39.0 Å². The van der Waals surface area contributed by atoms with Gasteiger partial charge in [0.1, 0.15) is 0 Å². The Balaban J connectivity index is 0.000000221. The van der Waals surface area contributed by atoms with Crippen molar-refractivity contribution in [2.75, 3.05) is 44.7 Å². The van der Waals surface area contributed by atoms with Crippen molar-refractivity contribution in [3.05, 3.63) is 23.6 Å². The first-order chi connectivity index (χ1) is 13.1. The summed E-state index contributed by atoms with van der Waals surface area (Å²) in [5.74, 6) is 0.882. The number of carbonyl (C=O) groups is 1. The molecular weight excluding hydrogens is 364 g/mol. The summed E-state index contributed by atoms with van der Waals surface area (Å²) in [7, 11) is 2.15. The van der Waals surface area contributed by atoms with Gasteiger partial charge in [-0.3, -0.25) is 9.78 Å². The Kier molecular flexibility index (Phi) is 6.79. The Morgan fingerprint density at radius 3 is 2.56 bits per heavy atom. The number of hydrogen-bond acceptors (Lipinski definition) is 6. The molecule has 0 N–H and O–H groups in total. The van der Waals surface area contributed by atoms with Gasteiger partial charge in [-0.2, -0.15) is 0 Å². The number of pyridine rings is 1. The monoisotopic (exact) mass is 390 g/mol. The van der Waals surface area contributed by atoms with Crippen LogP contribution in [0.2, 0.25) is 5.15 Å². The molecule has 0 radical (unpaired) electrons. The van der Waals surface area contributed by atoms with Gasteiger partial charge in [-0.15, -0.1) is 10.2 Å². The highest BCUT2D eigenvalue weighted by Gasteiger charge is 2.23. The van der Waals surface area contributed by atoms with Crippen LogP contribution >= 0.6 is 11.6 Å². The predicted molar refractivity (Wildman–Crippen MR) is 108 cm³/mol. The third-order valence-corrected chi connectivity index (χ3v) is 5.59. The molecule has 0 bridgehead atoms. The minimum absolute atomic E-state index is 0.434. The third kappa shape index (κ3) is 4.84. The van der Waals surface area contributed by atoms with E-state index < -0.39 is 0 Å². The highest BCUT2D eigenvalue weighted by atomic mass is 35.5. The molecule has 0 spiro atoms. The van der Waals surface area contributed by atoms with Crippen molar-refractivity contribution in [1.82, 2.24) is 25.0 Å². The van der Waals surface area contributed by atoms with E-state index >= 15 is 0 Å². The molecule has 2 aromatic rings. The van der Waals surface area contributed by atoms with Gasteiger partial charge >= 0.3 is 0 Å². The summed E-state index contributed by atoms with van der Waals surface area (Å²) in [4.78, 5) is 20.7. The number of carbonyl (C=O) groups excluding carboxylic acids is 1. The Morgan fingerprint density at radius 2 is 1.89 bits per heavy atom. The van der Waals surface area contributed by atoms with Gasteiger partial charge in [-0.05, 0) is 39.3 Å². The normalized spacial score (nSPS) is 20.9. The lowest BCUT2D eigenvalue weighted by Gasteiger charge is -2.38. The molecule has 8 heteroatoms. The highest BCUT2D eigenvalue weighted by molar-refractivity contribution is 6.34. The van der Waals surface area contributed by atoms with E-state index in [9.17, 15) is 4.79 Å². The lowest BCUT2D eigenvalue weighted by atomic mass is 10.1. The number of piperazine rings is 1. The van der Waals surface area contributed by atoms with E-state index in [0.717, 1.165) is 55.7 Å². The topological polar surface area (TPSA) is 65.5 Å². The summed E-state index contributed by atoms with van der Waals surface area (Å²) in [6, 6.07) is 2.38. The summed E-state index contributed by atoms with van der Waals surface area (Å²) >= 11 is 6.09. The van der Waals surface area contributed by atoms with Crippen LogP contribution in [-0.4, -0.2) is 77.2 Å². The summed E-state index contributed by atoms with van der Waals surface area (Å²) < 4.78 is 0. The van der Waals surface area contributed by atoms with Crippen molar-refractivity contribution >= 4 is 34.6 Å². The average Bonchev–Trinajstić information content (AvgIpc) is 2.72. The second-order valence-electron chi connectivity index (χ2n) is 7.21. The minimum Gasteiger partial charge on any atom is -0.352 e. The van der Waals surface area contributed by atoms with Gasteiger partial charge in [0.15, 0.2) is 11.0 Å². The zero-order chi connectivity index (χ0) is 19.2. The molecule has 0 aromatic carbocycles. The minimum atomic E-state index is 0.434. The number of hydrogen-bond donors (Lipinski definition) is 0. The average molecular weight is 391 g/mol. The molecule has 1 atom stereocenters. The molecule has 0 saturated carbocycles. The first kappa shape index (κ1) is 19.8. The zero-order valence-electron chi connectivity index (χ0n) is 16.0. The van der Waals surface area contributed by atoms with Crippen LogP contribution in [0.5, 0.6) is 0 Å². The van der Waals surface area contributed by atoms with Crippen molar-refractivity contribution < 1.29 is 4.79 Å². The Morgan fingerprint density at radius 1 is 1.11 bits per heavy atom. The van der Waals surface area contributed by atoms with Gasteiger partial charge < -0.3 is 14.7 Å². The highest BCUT2D eigenvalue weighted by Crippen LogP contribution is 2.28. The number of amides is 1. The lowest BCUT2D eigenvalue weighted by Crippen LogP contribution is -2.50. The SMILES string of the molecule is CC1CN(c2nnc(Cl)c3ccncc23)CCN1C.O=CN1CCCCC1. The molecule has 2 aromatic heterocycles. The second kappa shape index (κ2) is 9.28. The molecule has 2 aliphatic rings. The van der Waals surface area contributed by atoms with Crippen LogP contribution in [0.25, 0.3) is 10.8 Å². The predicted octanol–water partition coefficient (Wildman–Crippen LogP) is 2.45. The van der Waals surface area contributed by atoms with E-state index in [0.29, 0.717) is 11.2 Å². The molecule has 4 heterocycles. The van der Waals surface area contributed by atoms with Crippen LogP contribution in [0.15, 0.2) is 18.5 Å². The third-order valence-electron chi connectivity index (χ3n) is 5.32. The van der Waals surface area contributed by atoms with Gasteiger partial charge in [0.25, 0.3) is 0 Å². The van der Waals surface area contributed by atoms with Crippen LogP contribution in [0.1, 0.15) is 26.2 Å². The number of likely N-dealkylation sites (tertiary alicyclic amines) is 1. The molecule has 1 unspecified atom stereocenters. The van der Waals surface area contributed by atoms with Gasteiger partial charge in [0, 0.05) is 61.9 Å². The molecule has 2 aliphatic heterocycles. The zero-order valence-corrected chi connectivity index (χ0v) is 16.8. The molecular formula is C19H27ClN6O. The maximum atomic E-state index is 10.1. The van der Waals surface area contributed by atoms with E-state index in [1.54, 1.807) is 6.20 Å². The number of fused-ring (bicyclic) bond motifs is 1. The number of halogens is 1. The maximum absolute atomic E-state index is 10.1. The second-order valence-corrected chi connectivity index (χ2v) is 7.57. The number of likely N-dealkylation sites (N-methyl/N-ethyl adjacent to an activating group) is 1. The van der Waals surface area contributed by atoms with Crippen LogP contribution in [0.4, 0.5) is 5.82 Å². The number of rotatable bonds is 2. The fraction of sp³-hybridized carbons (Fsp3) is 0.579. The summed E-state index contributed by atoms with van der Waals surface area (Å²) in [6.45, 7) is 7.08. The Hall–Kier alpha value is -1.99. The lowest BCUT2D eigenvalue weighted by molar-refractivity contribution is -0.118. The fourth-order valence-electron chi connectivity index (χ4n) is 3.45. The molecule has 27 heavy (non-hydrogen) atoms. The molecule has 4 rings (SSSR count). The molecule has 1 amide bonds. The van der Waals surface area contributed by atoms with Crippen LogP contribution in [0.3, 0.4) is 0 Å². The van der Waals surface area contributed by atoms with Crippen molar-refractivity contribution in [3.63, 3.8) is 0 Å². The Labute approximate surface area is 165 Å². The smallest absolute Gasteiger partial charge is 0.209 e. The molecule has 2 saturated heterocycles. The number of aromatic nitrogens is 3. The fourth-order valence-corrected chi connectivity index (χ4v) is 3.65. The largest absolute Gasteiger partial charge is 0.352 e. The van der Waals surface area contributed by atoms with Gasteiger partial charge in [-0.25, -0.2) is 0 Å². The molecule has 0 aliphatic carbocycles. The van der Waals surface area contributed by atoms with Gasteiger partial charge in [0.2, 0.25) is 6.41 Å². The summed E-state index contributed by atoms with van der Waals surface area (Å²) in [6.07, 6.45) is 8.17. The first-order valence-corrected chi connectivity index (χ1v) is 9.88. The van der Waals surface area contributed by atoms with Crippen LogP contribution in [0, 0.1) is 0 Å². The quantitative estimate of drug-likeness (QED) is 0.734. The van der Waals surface area contributed by atoms with Crippen molar-refractivity contribution in [1.29, 1.82) is 0 Å². The maximum Gasteiger partial charge on any atom is 0.209 e. The first-order valence-electron chi connectivity index (χ1n) is 9.50. The Bertz CT molecular complexity index is 767. The van der Waals surface area contributed by atoms with Crippen LogP contribution < -0.4 is 4.90 Å². The van der Waals surface area contributed by atoms with Crippen LogP contribution in [-0.2, 0) is 4.79 Å². The van der Waals surface area contributed by atoms with Gasteiger partial charge in [-0.1, -0.05) is 11.6 Å². The standard InChI is InChI=1S/C13H16ClN5.C6H11NO/c1-9-8-19(6-5-18(9)2)13-11-7-15-4-3-10(11)12(14)16-17-13;8-6-7-4-2-1-3-5-7/h3-4,7,9H,5-6,8H2,1-2H3;6H,1-5H2. The number of piperidine rings is 1. The number of nitrogens with zero attached hydrogens (tertiary/aromatic N) is 6. The van der Waals surface area contributed by atoms with Crippen molar-refractivity contribution in [2.45, 2.75) is 32.2 Å². The van der Waals surface area contributed by atoms with E-state index in [-0.39, 0.29) is 0 Å². The van der Waals surface area contributed by atoms with E-state index in [1.807, 2.05) is 17.2 Å². The number of anilines is 1.